The molecule has 4 heterocycles. The lowest BCUT2D eigenvalue weighted by molar-refractivity contribution is 0.556. The van der Waals surface area contributed by atoms with Gasteiger partial charge in [-0.1, -0.05) is 15.9 Å². The molecule has 0 saturated carbocycles. The highest BCUT2D eigenvalue weighted by Gasteiger charge is 2.22. The summed E-state index contributed by atoms with van der Waals surface area (Å²) in [5, 5.41) is 2.88. The summed E-state index contributed by atoms with van der Waals surface area (Å²) in [7, 11) is 0. The maximum atomic E-state index is 4.76. The van der Waals surface area contributed by atoms with Crippen molar-refractivity contribution in [3.63, 3.8) is 0 Å². The van der Waals surface area contributed by atoms with E-state index < -0.39 is 0 Å². The van der Waals surface area contributed by atoms with Gasteiger partial charge in [-0.15, -0.1) is 11.3 Å². The first-order valence-electron chi connectivity index (χ1n) is 6.12. The van der Waals surface area contributed by atoms with E-state index in [1.54, 1.807) is 11.3 Å². The Morgan fingerprint density at radius 3 is 3.16 bits per heavy atom. The molecule has 0 fully saturated rings. The predicted octanol–water partition coefficient (Wildman–Crippen LogP) is 2.51. The van der Waals surface area contributed by atoms with Crippen molar-refractivity contribution in [2.24, 2.45) is 0 Å². The van der Waals surface area contributed by atoms with E-state index in [4.69, 9.17) is 4.98 Å². The molecule has 3 aromatic heterocycles. The summed E-state index contributed by atoms with van der Waals surface area (Å²) in [4.78, 5) is 12.5. The molecule has 7 heteroatoms. The van der Waals surface area contributed by atoms with Crippen LogP contribution in [0.5, 0.6) is 0 Å². The van der Waals surface area contributed by atoms with Gasteiger partial charge in [-0.25, -0.2) is 9.97 Å². The minimum Gasteiger partial charge on any atom is -0.346 e. The first kappa shape index (κ1) is 11.5. The third-order valence-corrected chi connectivity index (χ3v) is 4.80. The molecule has 0 bridgehead atoms. The van der Waals surface area contributed by atoms with Crippen LogP contribution >= 0.6 is 27.3 Å². The zero-order valence-corrected chi connectivity index (χ0v) is 12.6. The van der Waals surface area contributed by atoms with Crippen molar-refractivity contribution in [1.29, 1.82) is 0 Å². The van der Waals surface area contributed by atoms with Crippen molar-refractivity contribution in [2.45, 2.75) is 18.4 Å². The zero-order chi connectivity index (χ0) is 12.8. The number of hydrogen-bond acceptors (Lipinski definition) is 4. The van der Waals surface area contributed by atoms with E-state index in [2.05, 4.69) is 46.4 Å². The number of aromatic nitrogens is 4. The van der Waals surface area contributed by atoms with Gasteiger partial charge < -0.3 is 9.47 Å². The molecule has 0 aliphatic carbocycles. The highest BCUT2D eigenvalue weighted by Crippen LogP contribution is 2.28. The first-order valence-corrected chi connectivity index (χ1v) is 8.12. The van der Waals surface area contributed by atoms with E-state index in [0.29, 0.717) is 0 Å². The molecule has 1 aliphatic heterocycles. The van der Waals surface area contributed by atoms with Gasteiger partial charge in [0.05, 0.1) is 12.2 Å². The fourth-order valence-electron chi connectivity index (χ4n) is 2.55. The number of thiazole rings is 1. The van der Waals surface area contributed by atoms with E-state index in [1.807, 2.05) is 12.4 Å². The largest absolute Gasteiger partial charge is 0.346 e. The number of halogens is 1. The highest BCUT2D eigenvalue weighted by molar-refractivity contribution is 9.08. The molecule has 0 amide bonds. The fourth-order valence-corrected chi connectivity index (χ4v) is 3.80. The van der Waals surface area contributed by atoms with Crippen LogP contribution in [0.15, 0.2) is 24.0 Å². The lowest BCUT2D eigenvalue weighted by Gasteiger charge is -2.28. The molecule has 5 nitrogen and oxygen atoms in total. The molecular formula is C12H12BrN5S. The molecule has 4 rings (SSSR count). The number of nitrogens with zero attached hydrogens (tertiary/aromatic N) is 5. The quantitative estimate of drug-likeness (QED) is 0.674. The van der Waals surface area contributed by atoms with Crippen LogP contribution < -0.4 is 4.90 Å². The Morgan fingerprint density at radius 2 is 2.26 bits per heavy atom. The summed E-state index contributed by atoms with van der Waals surface area (Å²) < 4.78 is 4.37. The lowest BCUT2D eigenvalue weighted by Crippen LogP contribution is -2.34. The Morgan fingerprint density at radius 1 is 1.32 bits per heavy atom. The van der Waals surface area contributed by atoms with E-state index in [-0.39, 0.29) is 0 Å². The van der Waals surface area contributed by atoms with Crippen molar-refractivity contribution in [2.75, 3.05) is 11.4 Å². The number of rotatable bonds is 2. The molecule has 1 aliphatic rings. The molecule has 19 heavy (non-hydrogen) atoms. The number of anilines is 1. The Balaban J connectivity index is 1.77. The van der Waals surface area contributed by atoms with Gasteiger partial charge in [-0.3, -0.25) is 4.40 Å². The van der Waals surface area contributed by atoms with Crippen LogP contribution in [0, 0.1) is 0 Å². The summed E-state index contributed by atoms with van der Waals surface area (Å²) >= 11 is 5.25. The number of alkyl halides is 1. The van der Waals surface area contributed by atoms with Crippen molar-refractivity contribution in [1.82, 2.24) is 18.9 Å². The number of fused-ring (bicyclic) bond motifs is 2. The predicted molar refractivity (Wildman–Crippen MR) is 79.0 cm³/mol. The average Bonchev–Trinajstić information content (AvgIpc) is 3.12. The topological polar surface area (TPSA) is 38.4 Å². The Labute approximate surface area is 122 Å². The zero-order valence-electron chi connectivity index (χ0n) is 10.2. The van der Waals surface area contributed by atoms with Gasteiger partial charge in [0.25, 0.3) is 0 Å². The molecule has 0 aromatic carbocycles. The molecule has 0 N–H and O–H groups in total. The third-order valence-electron chi connectivity index (χ3n) is 3.51. The smallest absolute Gasteiger partial charge is 0.195 e. The van der Waals surface area contributed by atoms with Crippen LogP contribution in [-0.4, -0.2) is 25.5 Å². The van der Waals surface area contributed by atoms with Crippen LogP contribution in [0.4, 0.5) is 5.82 Å². The van der Waals surface area contributed by atoms with Gasteiger partial charge in [0, 0.05) is 42.4 Å². The Hall–Kier alpha value is -1.34. The number of imidazole rings is 2. The lowest BCUT2D eigenvalue weighted by atomic mass is 10.3. The Bertz CT molecular complexity index is 727. The van der Waals surface area contributed by atoms with Crippen LogP contribution in [0.25, 0.3) is 4.96 Å². The van der Waals surface area contributed by atoms with Crippen molar-refractivity contribution in [3.8, 4) is 0 Å². The van der Waals surface area contributed by atoms with Crippen LogP contribution in [0.1, 0.15) is 11.5 Å². The SMILES string of the molecule is BrCc1c(N2CCn3ccnc3C2)nc2sccn12. The second-order valence-electron chi connectivity index (χ2n) is 4.53. The normalized spacial score (nSPS) is 15.1. The molecular weight excluding hydrogens is 326 g/mol. The Kier molecular flexibility index (Phi) is 2.63. The van der Waals surface area contributed by atoms with Gasteiger partial charge in [0.15, 0.2) is 10.8 Å². The average molecular weight is 338 g/mol. The van der Waals surface area contributed by atoms with Crippen molar-refractivity contribution < 1.29 is 0 Å². The molecule has 0 radical (unpaired) electrons. The maximum absolute atomic E-state index is 4.76. The van der Waals surface area contributed by atoms with Crippen molar-refractivity contribution >= 4 is 38.0 Å². The standard InChI is InChI=1S/C12H12BrN5S/c13-7-9-11(15-12-18(9)5-6-19-12)17-4-3-16-2-1-14-10(16)8-17/h1-2,5-6H,3-4,7-8H2. The maximum Gasteiger partial charge on any atom is 0.195 e. The highest BCUT2D eigenvalue weighted by atomic mass is 79.9. The summed E-state index contributed by atoms with van der Waals surface area (Å²) in [6.07, 6.45) is 6.00. The minimum atomic E-state index is 0.811. The van der Waals surface area contributed by atoms with Crippen molar-refractivity contribution in [3.05, 3.63) is 35.5 Å². The third kappa shape index (κ3) is 1.72. The van der Waals surface area contributed by atoms with E-state index in [0.717, 1.165) is 41.6 Å². The van der Waals surface area contributed by atoms with E-state index in [9.17, 15) is 0 Å². The summed E-state index contributed by atoms with van der Waals surface area (Å²) in [5.41, 5.74) is 1.22. The second-order valence-corrected chi connectivity index (χ2v) is 5.96. The van der Waals surface area contributed by atoms with Gasteiger partial charge in [0.1, 0.15) is 5.82 Å². The van der Waals surface area contributed by atoms with Crippen LogP contribution in [0.2, 0.25) is 0 Å². The van der Waals surface area contributed by atoms with Gasteiger partial charge >= 0.3 is 0 Å². The van der Waals surface area contributed by atoms with Crippen LogP contribution in [-0.2, 0) is 18.4 Å². The summed E-state index contributed by atoms with van der Waals surface area (Å²) in [6.45, 7) is 2.79. The van der Waals surface area contributed by atoms with E-state index in [1.165, 1.54) is 5.69 Å². The van der Waals surface area contributed by atoms with Crippen LogP contribution in [0.3, 0.4) is 0 Å². The molecule has 0 saturated heterocycles. The van der Waals surface area contributed by atoms with Gasteiger partial charge in [-0.2, -0.15) is 0 Å². The fraction of sp³-hybridized carbons (Fsp3) is 0.333. The summed E-state index contributed by atoms with van der Waals surface area (Å²) in [6, 6.07) is 0. The summed E-state index contributed by atoms with van der Waals surface area (Å²) in [5.74, 6) is 2.20. The number of hydrogen-bond donors (Lipinski definition) is 0. The second kappa shape index (κ2) is 4.35. The molecule has 0 unspecified atom stereocenters. The van der Waals surface area contributed by atoms with E-state index >= 15 is 0 Å². The minimum absolute atomic E-state index is 0.811. The molecule has 98 valence electrons. The molecule has 0 atom stereocenters. The first-order chi connectivity index (χ1) is 9.36. The molecule has 3 aromatic rings. The molecule has 0 spiro atoms. The van der Waals surface area contributed by atoms with Gasteiger partial charge in [0.2, 0.25) is 0 Å². The van der Waals surface area contributed by atoms with Gasteiger partial charge in [-0.05, 0) is 0 Å². The monoisotopic (exact) mass is 337 g/mol.